The van der Waals surface area contributed by atoms with E-state index in [1.807, 2.05) is 58.9 Å². The number of nitrogens with zero attached hydrogens (tertiary/aromatic N) is 4. The lowest BCUT2D eigenvalue weighted by atomic mass is 9.96. The fraction of sp³-hybridized carbons (Fsp3) is 0.516. The summed E-state index contributed by atoms with van der Waals surface area (Å²) in [4.78, 5) is 15.4. The van der Waals surface area contributed by atoms with Crippen LogP contribution in [0.2, 0.25) is 0 Å². The Balaban J connectivity index is 1.64. The normalized spacial score (nSPS) is 19.2. The maximum atomic E-state index is 12.5. The van der Waals surface area contributed by atoms with Gasteiger partial charge in [-0.2, -0.15) is 0 Å². The second kappa shape index (κ2) is 11.4. The Hall–Kier alpha value is -3.32. The summed E-state index contributed by atoms with van der Waals surface area (Å²) < 4.78 is 20.4. The highest BCUT2D eigenvalue weighted by Crippen LogP contribution is 2.39. The van der Waals surface area contributed by atoms with Crippen molar-refractivity contribution in [3.63, 3.8) is 0 Å². The number of azide groups is 1. The number of fused-ring (bicyclic) bond motifs is 1. The molecule has 1 aromatic heterocycles. The van der Waals surface area contributed by atoms with Gasteiger partial charge in [-0.05, 0) is 78.5 Å². The van der Waals surface area contributed by atoms with E-state index in [0.717, 1.165) is 18.4 Å². The van der Waals surface area contributed by atoms with Gasteiger partial charge in [-0.15, -0.1) is 0 Å². The molecule has 1 aliphatic rings. The van der Waals surface area contributed by atoms with Gasteiger partial charge in [0.25, 0.3) is 0 Å². The fourth-order valence-corrected chi connectivity index (χ4v) is 5.61. The summed E-state index contributed by atoms with van der Waals surface area (Å²) in [5.41, 5.74) is 13.6. The highest BCUT2D eigenvalue weighted by molar-refractivity contribution is 5.98. The molecule has 0 bridgehead atoms. The first-order valence-corrected chi connectivity index (χ1v) is 13.7. The van der Waals surface area contributed by atoms with Crippen molar-refractivity contribution >= 4 is 22.6 Å². The summed E-state index contributed by atoms with van der Waals surface area (Å²) in [5.74, 6) is -1.05. The molecule has 0 radical (unpaired) electrons. The fourth-order valence-electron chi connectivity index (χ4n) is 5.61. The summed E-state index contributed by atoms with van der Waals surface area (Å²) in [6, 6.07) is 16.5. The van der Waals surface area contributed by atoms with Gasteiger partial charge in [-0.1, -0.05) is 47.6 Å². The molecule has 0 amide bonds. The number of rotatable bonds is 8. The molecule has 0 N–H and O–H groups in total. The molecule has 39 heavy (non-hydrogen) atoms. The van der Waals surface area contributed by atoms with Crippen molar-refractivity contribution in [1.82, 2.24) is 4.57 Å². The Morgan fingerprint density at radius 3 is 2.44 bits per heavy atom. The number of carbonyl (C=O) groups excluding carboxylic acids is 1. The molecule has 4 rings (SSSR count). The lowest BCUT2D eigenvalue weighted by molar-refractivity contribution is -0.300. The maximum Gasteiger partial charge on any atom is 0.308 e. The van der Waals surface area contributed by atoms with E-state index in [4.69, 9.17) is 19.7 Å². The molecule has 0 spiro atoms. The van der Waals surface area contributed by atoms with Gasteiger partial charge in [0.05, 0.1) is 18.6 Å². The van der Waals surface area contributed by atoms with Gasteiger partial charge in [0.15, 0.2) is 5.79 Å². The molecule has 2 heterocycles. The standard InChI is InChI=1S/C31H40N4O4/c1-20(2)35-26-11-9-8-10-25(26)29(21-12-14-22(15-13-21)33-34-32)27(35)17-16-23-18-24(38-31(6,7)37-23)19-28(36)39-30(3,4)5/h8-15,20,23-24H,16-19H2,1-7H3/t23-,24-/m1/s1. The number of hydrogen-bond acceptors (Lipinski definition) is 5. The van der Waals surface area contributed by atoms with Gasteiger partial charge >= 0.3 is 5.97 Å². The molecule has 3 aromatic rings. The van der Waals surface area contributed by atoms with Crippen molar-refractivity contribution in [2.75, 3.05) is 0 Å². The molecule has 208 valence electrons. The molecule has 1 aliphatic heterocycles. The average molecular weight is 533 g/mol. The van der Waals surface area contributed by atoms with E-state index in [-0.39, 0.29) is 30.6 Å². The molecule has 1 fully saturated rings. The van der Waals surface area contributed by atoms with Crippen LogP contribution in [0.15, 0.2) is 53.6 Å². The third-order valence-corrected chi connectivity index (χ3v) is 6.79. The number of aromatic nitrogens is 1. The first kappa shape index (κ1) is 28.7. The summed E-state index contributed by atoms with van der Waals surface area (Å²) in [5, 5.41) is 4.92. The zero-order chi connectivity index (χ0) is 28.4. The van der Waals surface area contributed by atoms with Crippen molar-refractivity contribution in [3.8, 4) is 11.1 Å². The summed E-state index contributed by atoms with van der Waals surface area (Å²) in [6.07, 6.45) is 2.07. The lowest BCUT2D eigenvalue weighted by Gasteiger charge is -2.41. The van der Waals surface area contributed by atoms with E-state index in [0.29, 0.717) is 12.1 Å². The van der Waals surface area contributed by atoms with Gasteiger partial charge < -0.3 is 18.8 Å². The number of carbonyl (C=O) groups is 1. The molecule has 8 nitrogen and oxygen atoms in total. The highest BCUT2D eigenvalue weighted by atomic mass is 16.7. The smallest absolute Gasteiger partial charge is 0.308 e. The highest BCUT2D eigenvalue weighted by Gasteiger charge is 2.37. The minimum atomic E-state index is -0.791. The van der Waals surface area contributed by atoms with Crippen LogP contribution in [-0.4, -0.2) is 34.1 Å². The van der Waals surface area contributed by atoms with Crippen LogP contribution >= 0.6 is 0 Å². The minimum Gasteiger partial charge on any atom is -0.460 e. The van der Waals surface area contributed by atoms with Crippen LogP contribution in [0.25, 0.3) is 32.5 Å². The molecule has 1 saturated heterocycles. The quantitative estimate of drug-likeness (QED) is 0.126. The molecule has 0 aliphatic carbocycles. The summed E-state index contributed by atoms with van der Waals surface area (Å²) in [7, 11) is 0. The number of benzene rings is 2. The zero-order valence-electron chi connectivity index (χ0n) is 24.1. The summed E-state index contributed by atoms with van der Waals surface area (Å²) >= 11 is 0. The van der Waals surface area contributed by atoms with Gasteiger partial charge in [-0.25, -0.2) is 0 Å². The monoisotopic (exact) mass is 532 g/mol. The largest absolute Gasteiger partial charge is 0.460 e. The van der Waals surface area contributed by atoms with Crippen molar-refractivity contribution in [3.05, 3.63) is 64.7 Å². The number of hydrogen-bond donors (Lipinski definition) is 0. The Morgan fingerprint density at radius 2 is 1.79 bits per heavy atom. The van der Waals surface area contributed by atoms with E-state index < -0.39 is 11.4 Å². The van der Waals surface area contributed by atoms with Gasteiger partial charge in [-0.3, -0.25) is 4.79 Å². The third-order valence-electron chi connectivity index (χ3n) is 6.79. The van der Waals surface area contributed by atoms with E-state index in [1.165, 1.54) is 22.2 Å². The van der Waals surface area contributed by atoms with Crippen LogP contribution in [0.1, 0.15) is 79.5 Å². The van der Waals surface area contributed by atoms with E-state index in [2.05, 4.69) is 52.7 Å². The van der Waals surface area contributed by atoms with Crippen LogP contribution in [0, 0.1) is 0 Å². The molecular weight excluding hydrogens is 492 g/mol. The first-order valence-electron chi connectivity index (χ1n) is 13.7. The lowest BCUT2D eigenvalue weighted by Crippen LogP contribution is -2.45. The molecule has 2 atom stereocenters. The van der Waals surface area contributed by atoms with Crippen LogP contribution in [0.4, 0.5) is 5.69 Å². The Bertz CT molecular complexity index is 1360. The zero-order valence-corrected chi connectivity index (χ0v) is 24.1. The Labute approximate surface area is 230 Å². The molecule has 8 heteroatoms. The maximum absolute atomic E-state index is 12.5. The molecule has 2 aromatic carbocycles. The third kappa shape index (κ3) is 7.01. The SMILES string of the molecule is CC(C)n1c(CC[C@@H]2C[C@H](CC(=O)OC(C)(C)C)OC(C)(C)O2)c(-c2ccc(N=[N+]=[N-])cc2)c2ccccc21. The number of esters is 1. The molecule has 0 unspecified atom stereocenters. The summed E-state index contributed by atoms with van der Waals surface area (Å²) in [6.45, 7) is 13.8. The van der Waals surface area contributed by atoms with Crippen LogP contribution in [0.3, 0.4) is 0 Å². The second-order valence-corrected chi connectivity index (χ2v) is 12.0. The number of para-hydroxylation sites is 1. The van der Waals surface area contributed by atoms with Crippen molar-refractivity contribution in [1.29, 1.82) is 0 Å². The second-order valence-electron chi connectivity index (χ2n) is 12.0. The minimum absolute atomic E-state index is 0.0694. The number of ether oxygens (including phenoxy) is 3. The van der Waals surface area contributed by atoms with Gasteiger partial charge in [0.2, 0.25) is 0 Å². The first-order chi connectivity index (χ1) is 18.4. The van der Waals surface area contributed by atoms with Gasteiger partial charge in [0.1, 0.15) is 5.60 Å². The van der Waals surface area contributed by atoms with Crippen molar-refractivity contribution in [2.24, 2.45) is 5.11 Å². The average Bonchev–Trinajstić information content (AvgIpc) is 3.15. The van der Waals surface area contributed by atoms with E-state index in [9.17, 15) is 4.79 Å². The topological polar surface area (TPSA) is 98.5 Å². The van der Waals surface area contributed by atoms with Crippen LogP contribution < -0.4 is 0 Å². The Morgan fingerprint density at radius 1 is 1.13 bits per heavy atom. The Kier molecular flexibility index (Phi) is 8.40. The molecular formula is C31H40N4O4. The molecule has 0 saturated carbocycles. The van der Waals surface area contributed by atoms with E-state index in [1.54, 1.807) is 0 Å². The predicted molar refractivity (Wildman–Crippen MR) is 154 cm³/mol. The van der Waals surface area contributed by atoms with Crippen LogP contribution in [-0.2, 0) is 25.4 Å². The van der Waals surface area contributed by atoms with Crippen molar-refractivity contribution < 1.29 is 19.0 Å². The van der Waals surface area contributed by atoms with E-state index >= 15 is 0 Å². The van der Waals surface area contributed by atoms with Crippen LogP contribution in [0.5, 0.6) is 0 Å². The predicted octanol–water partition coefficient (Wildman–Crippen LogP) is 8.41. The van der Waals surface area contributed by atoms with Gasteiger partial charge in [0, 0.05) is 45.2 Å². The van der Waals surface area contributed by atoms with Crippen molar-refractivity contribution in [2.45, 2.75) is 104 Å².